The molecule has 0 saturated heterocycles. The summed E-state index contributed by atoms with van der Waals surface area (Å²) in [5.74, 6) is 0.287. The number of halogens is 1. The molecule has 2 aromatic rings. The second kappa shape index (κ2) is 6.93. The fourth-order valence-electron chi connectivity index (χ4n) is 1.67. The van der Waals surface area contributed by atoms with Gasteiger partial charge in [-0.25, -0.2) is 5.48 Å². The van der Waals surface area contributed by atoms with Gasteiger partial charge in [-0.1, -0.05) is 29.8 Å². The summed E-state index contributed by atoms with van der Waals surface area (Å²) in [6.07, 6.45) is 0. The topological polar surface area (TPSA) is 47.6 Å². The van der Waals surface area contributed by atoms with E-state index in [1.54, 1.807) is 30.3 Å². The Morgan fingerprint density at radius 2 is 2.00 bits per heavy atom. The van der Waals surface area contributed by atoms with Crippen LogP contribution in [0, 0.1) is 0 Å². The van der Waals surface area contributed by atoms with E-state index in [2.05, 4.69) is 10.3 Å². The van der Waals surface area contributed by atoms with E-state index in [1.165, 1.54) is 7.11 Å². The first-order valence-corrected chi connectivity index (χ1v) is 6.37. The van der Waals surface area contributed by atoms with E-state index in [9.17, 15) is 4.79 Å². The first-order valence-electron chi connectivity index (χ1n) is 5.99. The van der Waals surface area contributed by atoms with Crippen molar-refractivity contribution in [1.82, 2.24) is 5.48 Å². The molecule has 0 heterocycles. The van der Waals surface area contributed by atoms with Crippen LogP contribution in [0.15, 0.2) is 48.5 Å². The van der Waals surface area contributed by atoms with E-state index in [4.69, 9.17) is 16.3 Å². The number of hydrogen-bond acceptors (Lipinski definition) is 3. The van der Waals surface area contributed by atoms with Gasteiger partial charge in [-0.15, -0.1) is 0 Å². The van der Waals surface area contributed by atoms with Gasteiger partial charge in [0.1, 0.15) is 12.4 Å². The predicted molar refractivity (Wildman–Crippen MR) is 76.7 cm³/mol. The van der Waals surface area contributed by atoms with Gasteiger partial charge in [0, 0.05) is 10.6 Å². The van der Waals surface area contributed by atoms with Gasteiger partial charge in [0.25, 0.3) is 5.91 Å². The van der Waals surface area contributed by atoms with Gasteiger partial charge < -0.3 is 4.74 Å². The molecule has 1 N–H and O–H groups in total. The number of hydroxylamine groups is 1. The van der Waals surface area contributed by atoms with Crippen LogP contribution in [0.3, 0.4) is 0 Å². The minimum Gasteiger partial charge on any atom is -0.489 e. The summed E-state index contributed by atoms with van der Waals surface area (Å²) in [6, 6.07) is 14.3. The lowest BCUT2D eigenvalue weighted by Gasteiger charge is -2.08. The monoisotopic (exact) mass is 291 g/mol. The molecule has 2 aromatic carbocycles. The van der Waals surface area contributed by atoms with Crippen molar-refractivity contribution >= 4 is 17.5 Å². The SMILES string of the molecule is CONC(=O)c1cccc(OCc2cccc(Cl)c2)c1. The molecule has 0 radical (unpaired) electrons. The number of carbonyl (C=O) groups excluding carboxylic acids is 1. The van der Waals surface area contributed by atoms with Crippen LogP contribution in [0.5, 0.6) is 5.75 Å². The second-order valence-electron chi connectivity index (χ2n) is 4.08. The van der Waals surface area contributed by atoms with Crippen molar-refractivity contribution in [3.8, 4) is 5.75 Å². The van der Waals surface area contributed by atoms with Gasteiger partial charge >= 0.3 is 0 Å². The van der Waals surface area contributed by atoms with E-state index in [1.807, 2.05) is 18.2 Å². The number of ether oxygens (including phenoxy) is 1. The maximum atomic E-state index is 11.6. The fourth-order valence-corrected chi connectivity index (χ4v) is 1.89. The molecule has 1 amide bonds. The molecule has 5 heteroatoms. The molecule has 0 atom stereocenters. The Labute approximate surface area is 122 Å². The van der Waals surface area contributed by atoms with Crippen LogP contribution in [0.25, 0.3) is 0 Å². The van der Waals surface area contributed by atoms with Crippen molar-refractivity contribution in [2.24, 2.45) is 0 Å². The van der Waals surface area contributed by atoms with Crippen LogP contribution in [0.1, 0.15) is 15.9 Å². The third-order valence-electron chi connectivity index (χ3n) is 2.59. The Morgan fingerprint density at radius 1 is 1.20 bits per heavy atom. The molecule has 104 valence electrons. The van der Waals surface area contributed by atoms with Crippen molar-refractivity contribution in [3.63, 3.8) is 0 Å². The molecular formula is C15H14ClNO3. The lowest BCUT2D eigenvalue weighted by Crippen LogP contribution is -2.21. The van der Waals surface area contributed by atoms with Crippen molar-refractivity contribution in [2.45, 2.75) is 6.61 Å². The van der Waals surface area contributed by atoms with Gasteiger partial charge in [0.05, 0.1) is 7.11 Å². The highest BCUT2D eigenvalue weighted by Crippen LogP contribution is 2.17. The van der Waals surface area contributed by atoms with Gasteiger partial charge in [-0.3, -0.25) is 9.63 Å². The summed E-state index contributed by atoms with van der Waals surface area (Å²) in [5, 5.41) is 0.666. The molecule has 0 fully saturated rings. The van der Waals surface area contributed by atoms with E-state index in [0.717, 1.165) is 5.56 Å². The molecule has 0 saturated carbocycles. The normalized spacial score (nSPS) is 10.1. The summed E-state index contributed by atoms with van der Waals surface area (Å²) in [4.78, 5) is 16.2. The molecule has 0 aliphatic rings. The Morgan fingerprint density at radius 3 is 2.75 bits per heavy atom. The molecular weight excluding hydrogens is 278 g/mol. The van der Waals surface area contributed by atoms with Gasteiger partial charge in [-0.2, -0.15) is 0 Å². The maximum absolute atomic E-state index is 11.6. The standard InChI is InChI=1S/C15H14ClNO3/c1-19-17-15(18)12-5-3-7-14(9-12)20-10-11-4-2-6-13(16)8-11/h2-9H,10H2,1H3,(H,17,18). The summed E-state index contributed by atoms with van der Waals surface area (Å²) in [5.41, 5.74) is 3.69. The number of nitrogens with one attached hydrogen (secondary N) is 1. The zero-order valence-electron chi connectivity index (χ0n) is 10.9. The third-order valence-corrected chi connectivity index (χ3v) is 2.82. The van der Waals surface area contributed by atoms with Crippen molar-refractivity contribution < 1.29 is 14.4 Å². The average Bonchev–Trinajstić information content (AvgIpc) is 2.46. The number of carbonyl (C=O) groups is 1. The first-order chi connectivity index (χ1) is 9.69. The zero-order valence-corrected chi connectivity index (χ0v) is 11.7. The maximum Gasteiger partial charge on any atom is 0.274 e. The quantitative estimate of drug-likeness (QED) is 0.861. The molecule has 0 aliphatic carbocycles. The van der Waals surface area contributed by atoms with E-state index >= 15 is 0 Å². The van der Waals surface area contributed by atoms with Crippen molar-refractivity contribution in [3.05, 3.63) is 64.7 Å². The Kier molecular flexibility index (Phi) is 4.98. The zero-order chi connectivity index (χ0) is 14.4. The van der Waals surface area contributed by atoms with E-state index in [-0.39, 0.29) is 5.91 Å². The van der Waals surface area contributed by atoms with Crippen LogP contribution in [-0.4, -0.2) is 13.0 Å². The van der Waals surface area contributed by atoms with Crippen LogP contribution >= 0.6 is 11.6 Å². The second-order valence-corrected chi connectivity index (χ2v) is 4.52. The summed E-state index contributed by atoms with van der Waals surface area (Å²) in [6.45, 7) is 0.385. The molecule has 0 spiro atoms. The molecule has 0 bridgehead atoms. The number of benzene rings is 2. The summed E-state index contributed by atoms with van der Waals surface area (Å²) >= 11 is 5.91. The van der Waals surface area contributed by atoms with Crippen molar-refractivity contribution in [2.75, 3.05) is 7.11 Å². The predicted octanol–water partition coefficient (Wildman–Crippen LogP) is 3.21. The van der Waals surface area contributed by atoms with Crippen LogP contribution in [-0.2, 0) is 11.4 Å². The molecule has 0 aliphatic heterocycles. The summed E-state index contributed by atoms with van der Waals surface area (Å²) in [7, 11) is 1.39. The highest BCUT2D eigenvalue weighted by molar-refractivity contribution is 6.30. The van der Waals surface area contributed by atoms with Crippen LogP contribution in [0.4, 0.5) is 0 Å². The molecule has 2 rings (SSSR count). The fraction of sp³-hybridized carbons (Fsp3) is 0.133. The smallest absolute Gasteiger partial charge is 0.274 e. The Hall–Kier alpha value is -2.04. The lowest BCUT2D eigenvalue weighted by atomic mass is 10.2. The van der Waals surface area contributed by atoms with Crippen LogP contribution in [0.2, 0.25) is 5.02 Å². The molecule has 20 heavy (non-hydrogen) atoms. The highest BCUT2D eigenvalue weighted by atomic mass is 35.5. The molecule has 0 unspecified atom stereocenters. The van der Waals surface area contributed by atoms with Gasteiger partial charge in [0.15, 0.2) is 0 Å². The lowest BCUT2D eigenvalue weighted by molar-refractivity contribution is 0.0537. The van der Waals surface area contributed by atoms with Crippen LogP contribution < -0.4 is 10.2 Å². The summed E-state index contributed by atoms with van der Waals surface area (Å²) < 4.78 is 5.64. The number of amides is 1. The number of hydrogen-bond donors (Lipinski definition) is 1. The van der Waals surface area contributed by atoms with E-state index in [0.29, 0.717) is 22.9 Å². The van der Waals surface area contributed by atoms with Crippen molar-refractivity contribution in [1.29, 1.82) is 0 Å². The van der Waals surface area contributed by atoms with E-state index < -0.39 is 0 Å². The van der Waals surface area contributed by atoms with Gasteiger partial charge in [-0.05, 0) is 35.9 Å². The Bertz CT molecular complexity index is 601. The van der Waals surface area contributed by atoms with Gasteiger partial charge in [0.2, 0.25) is 0 Å². The minimum absolute atomic E-state index is 0.319. The highest BCUT2D eigenvalue weighted by Gasteiger charge is 2.06. The number of rotatable bonds is 5. The minimum atomic E-state index is -0.319. The average molecular weight is 292 g/mol. The largest absolute Gasteiger partial charge is 0.489 e. The molecule has 4 nitrogen and oxygen atoms in total. The Balaban J connectivity index is 2.03. The molecule has 0 aromatic heterocycles. The third kappa shape index (κ3) is 3.98. The first kappa shape index (κ1) is 14.4.